The Labute approximate surface area is 237 Å². The number of hydrogen-bond acceptors (Lipinski definition) is 6. The molecule has 0 radical (unpaired) electrons. The van der Waals surface area contributed by atoms with E-state index in [1.165, 1.54) is 0 Å². The highest BCUT2D eigenvalue weighted by Gasteiger charge is 2.38. The zero-order chi connectivity index (χ0) is 28.1. The van der Waals surface area contributed by atoms with Crippen molar-refractivity contribution in [1.82, 2.24) is 20.4 Å². The fourth-order valence-electron chi connectivity index (χ4n) is 4.57. The van der Waals surface area contributed by atoms with Crippen molar-refractivity contribution in [2.45, 2.75) is 59.6 Å². The van der Waals surface area contributed by atoms with Crippen LogP contribution in [0.3, 0.4) is 0 Å². The maximum atomic E-state index is 13.0. The molecule has 9 heteroatoms. The van der Waals surface area contributed by atoms with E-state index in [-0.39, 0.29) is 11.9 Å². The standard InChI is InChI=1S/C30H30Cl2N4O3/c1-16-33-26(36-39-16)18-9-12-20(23(32)13-18)25-21(17-7-10-19(31)11-8-17)14-22-24(34-28(37)29(2,3)4)15-30(5,6)38-27(22)35-25/h7-14,24H,15H2,1-6H3,(H,34,37). The molecule has 0 fully saturated rings. The second kappa shape index (κ2) is 9.96. The SMILES string of the molecule is Cc1nc(-c2ccc(-c3nc4c(cc3-c3ccc(Cl)cc3)C(NC(=O)C(C)(C)C)CC(C)(C)O4)c(Cl)c2)no1. The number of carbonyl (C=O) groups is 1. The first kappa shape index (κ1) is 27.2. The molecule has 202 valence electrons. The molecule has 1 N–H and O–H groups in total. The summed E-state index contributed by atoms with van der Waals surface area (Å²) in [5.74, 6) is 1.36. The van der Waals surface area contributed by atoms with Gasteiger partial charge in [-0.05, 0) is 43.7 Å². The van der Waals surface area contributed by atoms with Crippen molar-refractivity contribution in [3.8, 4) is 39.7 Å². The molecule has 39 heavy (non-hydrogen) atoms. The smallest absolute Gasteiger partial charge is 0.225 e. The monoisotopic (exact) mass is 564 g/mol. The van der Waals surface area contributed by atoms with Gasteiger partial charge in [0.1, 0.15) is 5.60 Å². The van der Waals surface area contributed by atoms with Crippen molar-refractivity contribution in [2.75, 3.05) is 0 Å². The lowest BCUT2D eigenvalue weighted by atomic mass is 9.87. The number of nitrogens with zero attached hydrogens (tertiary/aromatic N) is 3. The minimum absolute atomic E-state index is 0.0383. The average Bonchev–Trinajstić information content (AvgIpc) is 3.29. The number of carbonyl (C=O) groups excluding carboxylic acids is 1. The molecule has 2 aromatic heterocycles. The van der Waals surface area contributed by atoms with Crippen LogP contribution in [0.5, 0.6) is 5.88 Å². The Morgan fingerprint density at radius 3 is 2.31 bits per heavy atom. The van der Waals surface area contributed by atoms with E-state index in [9.17, 15) is 4.79 Å². The number of benzene rings is 2. The van der Waals surface area contributed by atoms with Crippen LogP contribution in [0.1, 0.15) is 58.5 Å². The number of pyridine rings is 1. The number of rotatable bonds is 4. The lowest BCUT2D eigenvalue weighted by molar-refractivity contribution is -0.129. The van der Waals surface area contributed by atoms with Crippen LogP contribution in [0.4, 0.5) is 0 Å². The molecule has 1 atom stereocenters. The molecule has 0 saturated carbocycles. The number of halogens is 2. The van der Waals surface area contributed by atoms with Crippen molar-refractivity contribution < 1.29 is 14.1 Å². The van der Waals surface area contributed by atoms with Crippen LogP contribution in [-0.2, 0) is 4.79 Å². The van der Waals surface area contributed by atoms with Crippen molar-refractivity contribution >= 4 is 29.1 Å². The Hall–Kier alpha value is -3.42. The van der Waals surface area contributed by atoms with E-state index < -0.39 is 11.0 Å². The van der Waals surface area contributed by atoms with E-state index in [0.29, 0.717) is 39.8 Å². The topological polar surface area (TPSA) is 90.1 Å². The van der Waals surface area contributed by atoms with Crippen molar-refractivity contribution in [1.29, 1.82) is 0 Å². The Morgan fingerprint density at radius 2 is 1.69 bits per heavy atom. The van der Waals surface area contributed by atoms with Crippen LogP contribution in [0.15, 0.2) is 53.1 Å². The van der Waals surface area contributed by atoms with Gasteiger partial charge in [0.05, 0.1) is 16.8 Å². The maximum absolute atomic E-state index is 13.0. The Morgan fingerprint density at radius 1 is 1.00 bits per heavy atom. The van der Waals surface area contributed by atoms with Crippen LogP contribution < -0.4 is 10.1 Å². The van der Waals surface area contributed by atoms with Gasteiger partial charge in [-0.25, -0.2) is 4.98 Å². The molecular formula is C30H30Cl2N4O3. The molecule has 5 rings (SSSR count). The normalized spacial score (nSPS) is 16.4. The van der Waals surface area contributed by atoms with Gasteiger partial charge >= 0.3 is 0 Å². The first-order valence-corrected chi connectivity index (χ1v) is 13.5. The first-order valence-electron chi connectivity index (χ1n) is 12.7. The van der Waals surface area contributed by atoms with Crippen molar-refractivity contribution in [2.24, 2.45) is 5.41 Å². The zero-order valence-electron chi connectivity index (χ0n) is 22.7. The van der Waals surface area contributed by atoms with Crippen LogP contribution in [0.25, 0.3) is 33.8 Å². The number of ether oxygens (including phenoxy) is 1. The number of fused-ring (bicyclic) bond motifs is 1. The number of aromatic nitrogens is 3. The molecule has 1 amide bonds. The molecule has 0 aliphatic carbocycles. The molecule has 7 nitrogen and oxygen atoms in total. The summed E-state index contributed by atoms with van der Waals surface area (Å²) in [5.41, 5.74) is 3.58. The number of amides is 1. The second-order valence-electron chi connectivity index (χ2n) is 11.5. The summed E-state index contributed by atoms with van der Waals surface area (Å²) in [7, 11) is 0. The first-order chi connectivity index (χ1) is 18.3. The predicted octanol–water partition coefficient (Wildman–Crippen LogP) is 7.85. The third-order valence-corrected chi connectivity index (χ3v) is 7.18. The van der Waals surface area contributed by atoms with Gasteiger partial charge in [0, 0.05) is 46.0 Å². The van der Waals surface area contributed by atoms with Gasteiger partial charge in [-0.1, -0.05) is 73.4 Å². The van der Waals surface area contributed by atoms with Crippen LogP contribution in [-0.4, -0.2) is 26.6 Å². The van der Waals surface area contributed by atoms with Crippen LogP contribution >= 0.6 is 23.2 Å². The molecule has 1 aliphatic rings. The Balaban J connectivity index is 1.68. The molecule has 2 aromatic carbocycles. The summed E-state index contributed by atoms with van der Waals surface area (Å²) in [6.07, 6.45) is 0.600. The number of hydrogen-bond donors (Lipinski definition) is 1. The van der Waals surface area contributed by atoms with Gasteiger partial charge < -0.3 is 14.6 Å². The van der Waals surface area contributed by atoms with Gasteiger partial charge in [-0.3, -0.25) is 4.79 Å². The van der Waals surface area contributed by atoms with Gasteiger partial charge in [0.25, 0.3) is 0 Å². The highest BCUT2D eigenvalue weighted by molar-refractivity contribution is 6.33. The highest BCUT2D eigenvalue weighted by Crippen LogP contribution is 2.45. The highest BCUT2D eigenvalue weighted by atomic mass is 35.5. The third-order valence-electron chi connectivity index (χ3n) is 6.61. The van der Waals surface area contributed by atoms with Gasteiger partial charge in [0.2, 0.25) is 23.5 Å². The van der Waals surface area contributed by atoms with E-state index in [4.69, 9.17) is 37.4 Å². The largest absolute Gasteiger partial charge is 0.471 e. The Kier molecular flexibility index (Phi) is 6.93. The molecule has 0 saturated heterocycles. The molecular weight excluding hydrogens is 535 g/mol. The van der Waals surface area contributed by atoms with E-state index in [2.05, 4.69) is 15.5 Å². The molecule has 0 bridgehead atoms. The van der Waals surface area contributed by atoms with Crippen LogP contribution in [0.2, 0.25) is 10.0 Å². The zero-order valence-corrected chi connectivity index (χ0v) is 24.2. The molecule has 4 aromatic rings. The summed E-state index contributed by atoms with van der Waals surface area (Å²) in [6, 6.07) is 14.9. The summed E-state index contributed by atoms with van der Waals surface area (Å²) < 4.78 is 11.5. The van der Waals surface area contributed by atoms with E-state index in [0.717, 1.165) is 27.8 Å². The van der Waals surface area contributed by atoms with Crippen LogP contribution in [0, 0.1) is 12.3 Å². The fourth-order valence-corrected chi connectivity index (χ4v) is 4.97. The van der Waals surface area contributed by atoms with Crippen molar-refractivity contribution in [3.05, 3.63) is 70.0 Å². The second-order valence-corrected chi connectivity index (χ2v) is 12.3. The number of aryl methyl sites for hydroxylation is 1. The Bertz CT molecular complexity index is 1560. The maximum Gasteiger partial charge on any atom is 0.225 e. The van der Waals surface area contributed by atoms with E-state index in [1.54, 1.807) is 13.0 Å². The quantitative estimate of drug-likeness (QED) is 0.271. The van der Waals surface area contributed by atoms with Gasteiger partial charge in [-0.2, -0.15) is 4.98 Å². The minimum Gasteiger partial charge on any atom is -0.471 e. The van der Waals surface area contributed by atoms with E-state index >= 15 is 0 Å². The third kappa shape index (κ3) is 5.65. The van der Waals surface area contributed by atoms with Crippen molar-refractivity contribution in [3.63, 3.8) is 0 Å². The fraction of sp³-hybridized carbons (Fsp3) is 0.333. The lowest BCUT2D eigenvalue weighted by Crippen LogP contribution is -2.44. The molecule has 1 unspecified atom stereocenters. The number of nitrogens with one attached hydrogen (secondary N) is 1. The summed E-state index contributed by atoms with van der Waals surface area (Å²) in [6.45, 7) is 11.4. The van der Waals surface area contributed by atoms with Gasteiger partial charge in [-0.15, -0.1) is 0 Å². The summed E-state index contributed by atoms with van der Waals surface area (Å²) in [5, 5.41) is 8.33. The van der Waals surface area contributed by atoms with Gasteiger partial charge in [0.15, 0.2) is 0 Å². The molecule has 1 aliphatic heterocycles. The lowest BCUT2D eigenvalue weighted by Gasteiger charge is -2.38. The average molecular weight is 566 g/mol. The molecule has 0 spiro atoms. The predicted molar refractivity (Wildman–Crippen MR) is 153 cm³/mol. The van der Waals surface area contributed by atoms with E-state index in [1.807, 2.05) is 77.1 Å². The summed E-state index contributed by atoms with van der Waals surface area (Å²) >= 11 is 13.1. The molecule has 3 heterocycles. The minimum atomic E-state index is -0.543. The summed E-state index contributed by atoms with van der Waals surface area (Å²) in [4.78, 5) is 22.3.